The Kier molecular flexibility index (Phi) is 4.25. The molecule has 2 atom stereocenters. The van der Waals surface area contributed by atoms with Crippen LogP contribution in [0.1, 0.15) is 35.2 Å². The van der Waals surface area contributed by atoms with E-state index >= 15 is 0 Å². The maximum Gasteiger partial charge on any atom is 0.254 e. The predicted octanol–water partition coefficient (Wildman–Crippen LogP) is 0.605. The van der Waals surface area contributed by atoms with Gasteiger partial charge in [-0.05, 0) is 31.0 Å². The summed E-state index contributed by atoms with van der Waals surface area (Å²) < 4.78 is 0. The highest BCUT2D eigenvalue weighted by atomic mass is 16.3. The summed E-state index contributed by atoms with van der Waals surface area (Å²) in [5.74, 6) is 0.209. The van der Waals surface area contributed by atoms with E-state index in [0.29, 0.717) is 39.0 Å². The van der Waals surface area contributed by atoms with E-state index in [9.17, 15) is 14.7 Å². The fourth-order valence-electron chi connectivity index (χ4n) is 4.34. The zero-order valence-corrected chi connectivity index (χ0v) is 14.4. The molecule has 6 nitrogen and oxygen atoms in total. The minimum atomic E-state index is -0.616. The van der Waals surface area contributed by atoms with Gasteiger partial charge in [0, 0.05) is 50.6 Å². The number of rotatable bonds is 3. The van der Waals surface area contributed by atoms with E-state index in [0.717, 1.165) is 30.6 Å². The van der Waals surface area contributed by atoms with Crippen LogP contribution < -0.4 is 5.32 Å². The van der Waals surface area contributed by atoms with Gasteiger partial charge in [-0.2, -0.15) is 0 Å². The van der Waals surface area contributed by atoms with Crippen molar-refractivity contribution in [2.45, 2.75) is 31.4 Å². The van der Waals surface area contributed by atoms with Gasteiger partial charge in [-0.15, -0.1) is 0 Å². The van der Waals surface area contributed by atoms with Crippen molar-refractivity contribution in [2.24, 2.45) is 5.92 Å². The van der Waals surface area contributed by atoms with Crippen LogP contribution in [0, 0.1) is 5.92 Å². The van der Waals surface area contributed by atoms with Crippen molar-refractivity contribution in [1.29, 1.82) is 0 Å². The summed E-state index contributed by atoms with van der Waals surface area (Å²) >= 11 is 0. The molecule has 134 valence electrons. The smallest absolute Gasteiger partial charge is 0.254 e. The van der Waals surface area contributed by atoms with Crippen molar-refractivity contribution in [1.82, 2.24) is 15.1 Å². The van der Waals surface area contributed by atoms with Crippen LogP contribution in [0.25, 0.3) is 0 Å². The molecule has 0 unspecified atom stereocenters. The van der Waals surface area contributed by atoms with E-state index < -0.39 is 5.60 Å². The Morgan fingerprint density at radius 1 is 1.32 bits per heavy atom. The van der Waals surface area contributed by atoms with Crippen LogP contribution in [0.2, 0.25) is 0 Å². The molecule has 2 N–H and O–H groups in total. The van der Waals surface area contributed by atoms with Crippen molar-refractivity contribution in [3.05, 3.63) is 35.4 Å². The van der Waals surface area contributed by atoms with Crippen LogP contribution in [-0.4, -0.2) is 65.0 Å². The van der Waals surface area contributed by atoms with Crippen molar-refractivity contribution >= 4 is 11.8 Å². The van der Waals surface area contributed by atoms with E-state index in [1.54, 1.807) is 4.90 Å². The normalized spacial score (nSPS) is 28.7. The van der Waals surface area contributed by atoms with Gasteiger partial charge in [0.1, 0.15) is 0 Å². The Morgan fingerprint density at radius 2 is 2.16 bits per heavy atom. The van der Waals surface area contributed by atoms with Gasteiger partial charge in [0.2, 0.25) is 5.91 Å². The number of carbonyl (C=O) groups is 2. The predicted molar refractivity (Wildman–Crippen MR) is 92.9 cm³/mol. The number of benzene rings is 1. The molecule has 2 fully saturated rings. The summed E-state index contributed by atoms with van der Waals surface area (Å²) in [7, 11) is 0. The maximum atomic E-state index is 12.6. The number of amides is 2. The highest BCUT2D eigenvalue weighted by Crippen LogP contribution is 2.33. The van der Waals surface area contributed by atoms with Gasteiger partial charge in [-0.1, -0.05) is 18.2 Å². The van der Waals surface area contributed by atoms with Crippen LogP contribution >= 0.6 is 0 Å². The van der Waals surface area contributed by atoms with Crippen molar-refractivity contribution in [3.63, 3.8) is 0 Å². The summed E-state index contributed by atoms with van der Waals surface area (Å²) in [4.78, 5) is 28.6. The van der Waals surface area contributed by atoms with E-state index in [1.807, 2.05) is 29.2 Å². The lowest BCUT2D eigenvalue weighted by molar-refractivity contribution is -0.142. The molecule has 1 aromatic carbocycles. The first-order valence-corrected chi connectivity index (χ1v) is 9.15. The molecule has 0 saturated carbocycles. The van der Waals surface area contributed by atoms with E-state index in [-0.39, 0.29) is 17.7 Å². The van der Waals surface area contributed by atoms with Crippen LogP contribution in [0.15, 0.2) is 24.3 Å². The number of hydrogen-bond donors (Lipinski definition) is 2. The van der Waals surface area contributed by atoms with E-state index in [4.69, 9.17) is 0 Å². The minimum Gasteiger partial charge on any atom is -0.389 e. The molecule has 3 aliphatic rings. The molecule has 0 bridgehead atoms. The fourth-order valence-corrected chi connectivity index (χ4v) is 4.34. The lowest BCUT2D eigenvalue weighted by Crippen LogP contribution is -2.60. The molecule has 0 aliphatic carbocycles. The van der Waals surface area contributed by atoms with Gasteiger partial charge >= 0.3 is 0 Å². The molecule has 25 heavy (non-hydrogen) atoms. The average Bonchev–Trinajstić information content (AvgIpc) is 2.95. The average molecular weight is 343 g/mol. The first-order chi connectivity index (χ1) is 12.1. The lowest BCUT2D eigenvalue weighted by atomic mass is 9.76. The van der Waals surface area contributed by atoms with Crippen LogP contribution in [0.4, 0.5) is 0 Å². The SMILES string of the molecule is O=C(CCN1Cc2ccccc2C1=O)N1CC[C@]2(O)CCNC[C@@H]2C1. The number of carbonyl (C=O) groups excluding carboxylic acids is 2. The highest BCUT2D eigenvalue weighted by molar-refractivity contribution is 5.98. The highest BCUT2D eigenvalue weighted by Gasteiger charge is 2.43. The molecule has 6 heteroatoms. The fraction of sp³-hybridized carbons (Fsp3) is 0.579. The zero-order chi connectivity index (χ0) is 17.4. The van der Waals surface area contributed by atoms with Crippen molar-refractivity contribution < 1.29 is 14.7 Å². The Hall–Kier alpha value is -1.92. The Bertz CT molecular complexity index is 692. The summed E-state index contributed by atoms with van der Waals surface area (Å²) in [5.41, 5.74) is 1.18. The number of hydrogen-bond acceptors (Lipinski definition) is 4. The van der Waals surface area contributed by atoms with Crippen LogP contribution in [0.5, 0.6) is 0 Å². The van der Waals surface area contributed by atoms with Gasteiger partial charge in [0.25, 0.3) is 5.91 Å². The molecule has 0 aromatic heterocycles. The Balaban J connectivity index is 1.32. The van der Waals surface area contributed by atoms with Gasteiger partial charge in [-0.3, -0.25) is 9.59 Å². The zero-order valence-electron chi connectivity index (χ0n) is 14.4. The van der Waals surface area contributed by atoms with E-state index in [2.05, 4.69) is 5.32 Å². The first-order valence-electron chi connectivity index (χ1n) is 9.15. The second-order valence-electron chi connectivity index (χ2n) is 7.48. The monoisotopic (exact) mass is 343 g/mol. The molecule has 2 saturated heterocycles. The molecule has 3 aliphatic heterocycles. The molecule has 4 rings (SSSR count). The second kappa shape index (κ2) is 6.42. The maximum absolute atomic E-state index is 12.6. The molecule has 0 radical (unpaired) electrons. The second-order valence-corrected chi connectivity index (χ2v) is 7.48. The number of likely N-dealkylation sites (tertiary alicyclic amines) is 1. The quantitative estimate of drug-likeness (QED) is 0.843. The number of aliphatic hydroxyl groups is 1. The third-order valence-electron chi connectivity index (χ3n) is 5.99. The van der Waals surface area contributed by atoms with Gasteiger partial charge in [-0.25, -0.2) is 0 Å². The third kappa shape index (κ3) is 3.04. The summed E-state index contributed by atoms with van der Waals surface area (Å²) in [6.45, 7) is 3.87. The third-order valence-corrected chi connectivity index (χ3v) is 5.99. The van der Waals surface area contributed by atoms with Gasteiger partial charge in [0.05, 0.1) is 5.60 Å². The largest absolute Gasteiger partial charge is 0.389 e. The Morgan fingerprint density at radius 3 is 3.00 bits per heavy atom. The minimum absolute atomic E-state index is 0.0212. The van der Waals surface area contributed by atoms with Gasteiger partial charge < -0.3 is 20.2 Å². The topological polar surface area (TPSA) is 72.9 Å². The number of fused-ring (bicyclic) bond motifs is 2. The number of piperidine rings is 2. The first kappa shape index (κ1) is 16.5. The standard InChI is InChI=1S/C19H25N3O3/c23-17(21-10-7-19(25)6-8-20-11-15(19)13-21)5-9-22-12-14-3-1-2-4-16(14)18(22)24/h1-4,15,20,25H,5-13H2/t15-,19-/m1/s1. The summed E-state index contributed by atoms with van der Waals surface area (Å²) in [6, 6.07) is 7.63. The Labute approximate surface area is 147 Å². The molecule has 2 amide bonds. The molecular weight excluding hydrogens is 318 g/mol. The summed E-state index contributed by atoms with van der Waals surface area (Å²) in [5, 5.41) is 14.0. The molecular formula is C19H25N3O3. The van der Waals surface area contributed by atoms with Gasteiger partial charge in [0.15, 0.2) is 0 Å². The summed E-state index contributed by atoms with van der Waals surface area (Å²) in [6.07, 6.45) is 1.76. The molecule has 1 aromatic rings. The van der Waals surface area contributed by atoms with Crippen LogP contribution in [-0.2, 0) is 11.3 Å². The number of nitrogens with one attached hydrogen (secondary N) is 1. The molecule has 0 spiro atoms. The lowest BCUT2D eigenvalue weighted by Gasteiger charge is -2.47. The number of nitrogens with zero attached hydrogens (tertiary/aromatic N) is 2. The van der Waals surface area contributed by atoms with Crippen molar-refractivity contribution in [2.75, 3.05) is 32.7 Å². The molecule has 3 heterocycles. The van der Waals surface area contributed by atoms with Crippen LogP contribution in [0.3, 0.4) is 0 Å². The van der Waals surface area contributed by atoms with E-state index in [1.165, 1.54) is 0 Å². The van der Waals surface area contributed by atoms with Crippen molar-refractivity contribution in [3.8, 4) is 0 Å².